The second-order valence-electron chi connectivity index (χ2n) is 5.14. The van der Waals surface area contributed by atoms with E-state index in [1.807, 2.05) is 28.8 Å². The fraction of sp³-hybridized carbons (Fsp3) is 0.500. The highest BCUT2D eigenvalue weighted by atomic mass is 32.1. The van der Waals surface area contributed by atoms with Crippen LogP contribution in [-0.2, 0) is 6.54 Å². The molecule has 106 valence electrons. The van der Waals surface area contributed by atoms with Crippen molar-refractivity contribution in [2.45, 2.75) is 38.8 Å². The van der Waals surface area contributed by atoms with Gasteiger partial charge in [0.25, 0.3) is 5.91 Å². The van der Waals surface area contributed by atoms with Crippen LogP contribution in [0, 0.1) is 6.92 Å². The van der Waals surface area contributed by atoms with Crippen LogP contribution >= 0.6 is 11.3 Å². The smallest absolute Gasteiger partial charge is 0.266 e. The van der Waals surface area contributed by atoms with Gasteiger partial charge in [0.15, 0.2) is 0 Å². The van der Waals surface area contributed by atoms with E-state index in [1.165, 1.54) is 17.8 Å². The monoisotopic (exact) mass is 290 g/mol. The minimum absolute atomic E-state index is 0.127. The molecule has 2 aromatic rings. The van der Waals surface area contributed by atoms with Crippen LogP contribution in [0.15, 0.2) is 24.0 Å². The molecular weight excluding hydrogens is 272 g/mol. The summed E-state index contributed by atoms with van der Waals surface area (Å²) in [5.74, 6) is 0.127. The lowest BCUT2D eigenvalue weighted by Crippen LogP contribution is -2.45. The number of likely N-dealkylation sites (tertiary alicyclic amines) is 1. The van der Waals surface area contributed by atoms with Gasteiger partial charge in [0.05, 0.1) is 23.8 Å². The highest BCUT2D eigenvalue weighted by Crippen LogP contribution is 2.23. The fourth-order valence-corrected chi connectivity index (χ4v) is 3.48. The van der Waals surface area contributed by atoms with Crippen LogP contribution in [0.4, 0.5) is 0 Å². The lowest BCUT2D eigenvalue weighted by atomic mass is 10.0. The molecule has 0 aromatic carbocycles. The van der Waals surface area contributed by atoms with Crippen molar-refractivity contribution in [3.8, 4) is 0 Å². The van der Waals surface area contributed by atoms with E-state index >= 15 is 0 Å². The van der Waals surface area contributed by atoms with E-state index in [2.05, 4.69) is 10.1 Å². The van der Waals surface area contributed by atoms with Gasteiger partial charge in [-0.25, -0.2) is 4.98 Å². The van der Waals surface area contributed by atoms with Crippen LogP contribution < -0.4 is 0 Å². The Morgan fingerprint density at radius 1 is 1.50 bits per heavy atom. The Kier molecular flexibility index (Phi) is 3.82. The number of carbonyl (C=O) groups excluding carboxylic acids is 1. The molecule has 0 bridgehead atoms. The lowest BCUT2D eigenvalue weighted by molar-refractivity contribution is 0.0588. The van der Waals surface area contributed by atoms with Crippen molar-refractivity contribution in [1.29, 1.82) is 0 Å². The third-order valence-electron chi connectivity index (χ3n) is 3.78. The van der Waals surface area contributed by atoms with Crippen molar-refractivity contribution in [3.05, 3.63) is 34.5 Å². The fourth-order valence-electron chi connectivity index (χ4n) is 2.72. The van der Waals surface area contributed by atoms with E-state index in [-0.39, 0.29) is 11.9 Å². The van der Waals surface area contributed by atoms with Crippen LogP contribution in [0.25, 0.3) is 0 Å². The quantitative estimate of drug-likeness (QED) is 0.872. The van der Waals surface area contributed by atoms with Crippen molar-refractivity contribution in [3.63, 3.8) is 0 Å². The Morgan fingerprint density at radius 3 is 3.10 bits per heavy atom. The molecule has 0 radical (unpaired) electrons. The van der Waals surface area contributed by atoms with Gasteiger partial charge in [-0.3, -0.25) is 9.48 Å². The largest absolute Gasteiger partial charge is 0.333 e. The maximum Gasteiger partial charge on any atom is 0.266 e. The number of rotatable bonds is 3. The minimum atomic E-state index is 0.127. The van der Waals surface area contributed by atoms with E-state index in [9.17, 15) is 4.79 Å². The number of thiazole rings is 1. The SMILES string of the molecule is Cc1ncsc1C(=O)N1CCCCC1Cn1cccn1. The number of carbonyl (C=O) groups is 1. The number of nitrogens with zero attached hydrogens (tertiary/aromatic N) is 4. The summed E-state index contributed by atoms with van der Waals surface area (Å²) in [6, 6.07) is 2.15. The van der Waals surface area contributed by atoms with Gasteiger partial charge in [0, 0.05) is 18.9 Å². The Hall–Kier alpha value is -1.69. The van der Waals surface area contributed by atoms with Crippen LogP contribution in [-0.4, -0.2) is 38.2 Å². The summed E-state index contributed by atoms with van der Waals surface area (Å²) in [4.78, 5) is 19.7. The average Bonchev–Trinajstić information content (AvgIpc) is 3.10. The van der Waals surface area contributed by atoms with E-state index in [0.29, 0.717) is 0 Å². The summed E-state index contributed by atoms with van der Waals surface area (Å²) in [5, 5.41) is 4.25. The molecule has 1 atom stereocenters. The minimum Gasteiger partial charge on any atom is -0.333 e. The molecule has 1 unspecified atom stereocenters. The van der Waals surface area contributed by atoms with Gasteiger partial charge < -0.3 is 4.90 Å². The van der Waals surface area contributed by atoms with Crippen molar-refractivity contribution in [1.82, 2.24) is 19.7 Å². The zero-order valence-corrected chi connectivity index (χ0v) is 12.3. The van der Waals surface area contributed by atoms with Crippen LogP contribution in [0.3, 0.4) is 0 Å². The van der Waals surface area contributed by atoms with E-state index < -0.39 is 0 Å². The predicted octanol–water partition coefficient (Wildman–Crippen LogP) is 2.34. The van der Waals surface area contributed by atoms with Gasteiger partial charge in [-0.05, 0) is 32.3 Å². The van der Waals surface area contributed by atoms with Gasteiger partial charge in [0.1, 0.15) is 4.88 Å². The Balaban J connectivity index is 1.78. The lowest BCUT2D eigenvalue weighted by Gasteiger charge is -2.35. The molecule has 2 aromatic heterocycles. The first kappa shape index (κ1) is 13.3. The summed E-state index contributed by atoms with van der Waals surface area (Å²) in [7, 11) is 0. The zero-order valence-electron chi connectivity index (χ0n) is 11.5. The number of aryl methyl sites for hydroxylation is 1. The number of amides is 1. The Labute approximate surface area is 122 Å². The third kappa shape index (κ3) is 2.60. The van der Waals surface area contributed by atoms with Crippen molar-refractivity contribution < 1.29 is 4.79 Å². The second-order valence-corrected chi connectivity index (χ2v) is 6.00. The molecule has 1 aliphatic rings. The summed E-state index contributed by atoms with van der Waals surface area (Å²) >= 11 is 1.44. The first-order valence-electron chi connectivity index (χ1n) is 6.94. The maximum absolute atomic E-state index is 12.7. The summed E-state index contributed by atoms with van der Waals surface area (Å²) in [6.45, 7) is 3.51. The number of aromatic nitrogens is 3. The molecular formula is C14H18N4OS. The van der Waals surface area contributed by atoms with Crippen molar-refractivity contribution in [2.24, 2.45) is 0 Å². The molecule has 0 aliphatic carbocycles. The van der Waals surface area contributed by atoms with Gasteiger partial charge in [0.2, 0.25) is 0 Å². The van der Waals surface area contributed by atoms with E-state index in [0.717, 1.165) is 36.5 Å². The van der Waals surface area contributed by atoms with E-state index in [4.69, 9.17) is 0 Å². The third-order valence-corrected chi connectivity index (χ3v) is 4.70. The molecule has 6 heteroatoms. The van der Waals surface area contributed by atoms with Gasteiger partial charge >= 0.3 is 0 Å². The molecule has 1 amide bonds. The first-order valence-corrected chi connectivity index (χ1v) is 7.82. The molecule has 1 saturated heterocycles. The standard InChI is InChI=1S/C14H18N4OS/c1-11-13(20-10-15-11)14(19)18-8-3-2-5-12(18)9-17-7-4-6-16-17/h4,6-7,10,12H,2-3,5,8-9H2,1H3. The Bertz CT molecular complexity index is 578. The summed E-state index contributed by atoms with van der Waals surface area (Å²) < 4.78 is 1.91. The number of hydrogen-bond acceptors (Lipinski definition) is 4. The second kappa shape index (κ2) is 5.75. The Morgan fingerprint density at radius 2 is 2.40 bits per heavy atom. The molecule has 20 heavy (non-hydrogen) atoms. The van der Waals surface area contributed by atoms with Crippen LogP contribution in [0.1, 0.15) is 34.6 Å². The van der Waals surface area contributed by atoms with Crippen LogP contribution in [0.2, 0.25) is 0 Å². The van der Waals surface area contributed by atoms with Crippen molar-refractivity contribution >= 4 is 17.2 Å². The molecule has 0 spiro atoms. The van der Waals surface area contributed by atoms with Crippen molar-refractivity contribution in [2.75, 3.05) is 6.54 Å². The van der Waals surface area contributed by atoms with Gasteiger partial charge in [-0.15, -0.1) is 11.3 Å². The normalized spacial score (nSPS) is 19.2. The molecule has 3 rings (SSSR count). The molecule has 0 saturated carbocycles. The molecule has 3 heterocycles. The molecule has 5 nitrogen and oxygen atoms in total. The summed E-state index contributed by atoms with van der Waals surface area (Å²) in [5.41, 5.74) is 2.58. The van der Waals surface area contributed by atoms with Crippen LogP contribution in [0.5, 0.6) is 0 Å². The average molecular weight is 290 g/mol. The van der Waals surface area contributed by atoms with E-state index in [1.54, 1.807) is 11.7 Å². The topological polar surface area (TPSA) is 51.0 Å². The zero-order chi connectivity index (χ0) is 13.9. The van der Waals surface area contributed by atoms with Gasteiger partial charge in [-0.2, -0.15) is 5.10 Å². The predicted molar refractivity (Wildman–Crippen MR) is 77.8 cm³/mol. The highest BCUT2D eigenvalue weighted by Gasteiger charge is 2.29. The molecule has 0 N–H and O–H groups in total. The summed E-state index contributed by atoms with van der Waals surface area (Å²) in [6.07, 6.45) is 7.04. The highest BCUT2D eigenvalue weighted by molar-refractivity contribution is 7.11. The number of piperidine rings is 1. The molecule has 1 aliphatic heterocycles. The first-order chi connectivity index (χ1) is 9.75. The van der Waals surface area contributed by atoms with Gasteiger partial charge in [-0.1, -0.05) is 0 Å². The maximum atomic E-state index is 12.7. The number of hydrogen-bond donors (Lipinski definition) is 0. The molecule has 1 fully saturated rings.